The molecule has 0 aliphatic carbocycles. The SMILES string of the molecule is COc1ccc(C)c(Nc2nc(NCc3ccccc3OC)nc(Nc3ccccc3)n2)c1. The van der Waals surface area contributed by atoms with E-state index in [4.69, 9.17) is 9.47 Å². The van der Waals surface area contributed by atoms with Gasteiger partial charge in [-0.25, -0.2) is 0 Å². The Labute approximate surface area is 193 Å². The monoisotopic (exact) mass is 442 g/mol. The lowest BCUT2D eigenvalue weighted by Gasteiger charge is -2.14. The highest BCUT2D eigenvalue weighted by molar-refractivity contribution is 5.63. The molecule has 0 radical (unpaired) electrons. The molecule has 0 unspecified atom stereocenters. The summed E-state index contributed by atoms with van der Waals surface area (Å²) in [7, 11) is 3.29. The summed E-state index contributed by atoms with van der Waals surface area (Å²) in [6.45, 7) is 2.50. The molecular formula is C25H26N6O2. The summed E-state index contributed by atoms with van der Waals surface area (Å²) < 4.78 is 10.8. The van der Waals surface area contributed by atoms with Crippen LogP contribution in [0.25, 0.3) is 0 Å². The van der Waals surface area contributed by atoms with Gasteiger partial charge in [-0.2, -0.15) is 15.0 Å². The molecule has 168 valence electrons. The van der Waals surface area contributed by atoms with Crippen LogP contribution in [0, 0.1) is 6.92 Å². The van der Waals surface area contributed by atoms with Crippen molar-refractivity contribution in [2.45, 2.75) is 13.5 Å². The predicted octanol–water partition coefficient (Wildman–Crippen LogP) is 5.30. The maximum atomic E-state index is 5.44. The Kier molecular flexibility index (Phi) is 6.84. The van der Waals surface area contributed by atoms with Gasteiger partial charge in [0.15, 0.2) is 0 Å². The minimum Gasteiger partial charge on any atom is -0.497 e. The second-order valence-electron chi connectivity index (χ2n) is 7.27. The van der Waals surface area contributed by atoms with E-state index in [9.17, 15) is 0 Å². The first kappa shape index (κ1) is 21.9. The maximum absolute atomic E-state index is 5.44. The Hall–Kier alpha value is -4.33. The van der Waals surface area contributed by atoms with Crippen LogP contribution in [0.4, 0.5) is 29.2 Å². The number of anilines is 5. The van der Waals surface area contributed by atoms with Gasteiger partial charge in [0.05, 0.1) is 14.2 Å². The molecule has 4 rings (SSSR count). The first-order chi connectivity index (χ1) is 16.1. The van der Waals surface area contributed by atoms with E-state index in [1.165, 1.54) is 0 Å². The van der Waals surface area contributed by atoms with Crippen LogP contribution in [-0.2, 0) is 6.54 Å². The minimum atomic E-state index is 0.405. The lowest BCUT2D eigenvalue weighted by atomic mass is 10.2. The highest BCUT2D eigenvalue weighted by Crippen LogP contribution is 2.25. The molecule has 8 nitrogen and oxygen atoms in total. The summed E-state index contributed by atoms with van der Waals surface area (Å²) in [4.78, 5) is 13.7. The summed E-state index contributed by atoms with van der Waals surface area (Å²) in [5.74, 6) is 2.79. The fourth-order valence-corrected chi connectivity index (χ4v) is 3.22. The van der Waals surface area contributed by atoms with Gasteiger partial charge in [0.1, 0.15) is 11.5 Å². The molecule has 0 aliphatic heterocycles. The third-order valence-electron chi connectivity index (χ3n) is 4.99. The fourth-order valence-electron chi connectivity index (χ4n) is 3.22. The molecule has 0 aliphatic rings. The van der Waals surface area contributed by atoms with Crippen molar-refractivity contribution in [3.8, 4) is 11.5 Å². The molecule has 1 heterocycles. The van der Waals surface area contributed by atoms with Gasteiger partial charge in [-0.05, 0) is 36.8 Å². The number of ether oxygens (including phenoxy) is 2. The number of benzene rings is 3. The van der Waals surface area contributed by atoms with Crippen molar-refractivity contribution < 1.29 is 9.47 Å². The fraction of sp³-hybridized carbons (Fsp3) is 0.160. The van der Waals surface area contributed by atoms with E-state index in [1.54, 1.807) is 14.2 Å². The molecule has 0 bridgehead atoms. The minimum absolute atomic E-state index is 0.405. The van der Waals surface area contributed by atoms with Crippen LogP contribution in [0.15, 0.2) is 72.8 Å². The van der Waals surface area contributed by atoms with E-state index >= 15 is 0 Å². The summed E-state index contributed by atoms with van der Waals surface area (Å²) >= 11 is 0. The molecule has 33 heavy (non-hydrogen) atoms. The zero-order chi connectivity index (χ0) is 23.0. The second-order valence-corrected chi connectivity index (χ2v) is 7.27. The van der Waals surface area contributed by atoms with Gasteiger partial charge >= 0.3 is 0 Å². The second kappa shape index (κ2) is 10.3. The molecule has 0 atom stereocenters. The molecule has 4 aromatic rings. The molecule has 3 N–H and O–H groups in total. The van der Waals surface area contributed by atoms with E-state index in [-0.39, 0.29) is 0 Å². The molecule has 0 saturated carbocycles. The molecule has 0 fully saturated rings. The predicted molar refractivity (Wildman–Crippen MR) is 131 cm³/mol. The van der Waals surface area contributed by atoms with Crippen LogP contribution < -0.4 is 25.4 Å². The average Bonchev–Trinajstić information content (AvgIpc) is 2.85. The molecule has 3 aromatic carbocycles. The number of rotatable bonds is 9. The summed E-state index contributed by atoms with van der Waals surface area (Å²) in [5.41, 5.74) is 3.76. The van der Waals surface area contributed by atoms with Gasteiger partial charge < -0.3 is 25.4 Å². The van der Waals surface area contributed by atoms with Crippen LogP contribution >= 0.6 is 0 Å². The Morgan fingerprint density at radius 2 is 1.42 bits per heavy atom. The van der Waals surface area contributed by atoms with Gasteiger partial charge in [0.25, 0.3) is 0 Å². The zero-order valence-corrected chi connectivity index (χ0v) is 18.8. The smallest absolute Gasteiger partial charge is 0.233 e. The topological polar surface area (TPSA) is 93.2 Å². The molecule has 0 saturated heterocycles. The number of aromatic nitrogens is 3. The van der Waals surface area contributed by atoms with Crippen LogP contribution in [-0.4, -0.2) is 29.2 Å². The maximum Gasteiger partial charge on any atom is 0.233 e. The van der Waals surface area contributed by atoms with Crippen molar-refractivity contribution in [2.24, 2.45) is 0 Å². The Morgan fingerprint density at radius 1 is 0.727 bits per heavy atom. The molecule has 1 aromatic heterocycles. The average molecular weight is 443 g/mol. The largest absolute Gasteiger partial charge is 0.497 e. The van der Waals surface area contributed by atoms with Crippen molar-refractivity contribution >= 4 is 29.2 Å². The number of para-hydroxylation sites is 2. The highest BCUT2D eigenvalue weighted by atomic mass is 16.5. The number of nitrogens with one attached hydrogen (secondary N) is 3. The summed E-state index contributed by atoms with van der Waals surface area (Å²) in [6, 6.07) is 23.4. The van der Waals surface area contributed by atoms with Crippen LogP contribution in [0.5, 0.6) is 11.5 Å². The Balaban J connectivity index is 1.63. The van der Waals surface area contributed by atoms with E-state index in [0.29, 0.717) is 24.4 Å². The van der Waals surface area contributed by atoms with Gasteiger partial charge in [0, 0.05) is 29.5 Å². The Morgan fingerprint density at radius 3 is 2.18 bits per heavy atom. The number of aryl methyl sites for hydroxylation is 1. The van der Waals surface area contributed by atoms with Gasteiger partial charge in [-0.3, -0.25) is 0 Å². The first-order valence-electron chi connectivity index (χ1n) is 10.5. The van der Waals surface area contributed by atoms with E-state index in [1.807, 2.05) is 79.7 Å². The van der Waals surface area contributed by atoms with Crippen molar-refractivity contribution in [1.82, 2.24) is 15.0 Å². The lowest BCUT2D eigenvalue weighted by molar-refractivity contribution is 0.410. The van der Waals surface area contributed by atoms with E-state index in [0.717, 1.165) is 34.0 Å². The molecule has 0 spiro atoms. The van der Waals surface area contributed by atoms with Crippen molar-refractivity contribution in [3.05, 3.63) is 83.9 Å². The van der Waals surface area contributed by atoms with Gasteiger partial charge in [-0.1, -0.05) is 42.5 Å². The molecule has 8 heteroatoms. The van der Waals surface area contributed by atoms with Crippen molar-refractivity contribution in [1.29, 1.82) is 0 Å². The number of hydrogen-bond acceptors (Lipinski definition) is 8. The van der Waals surface area contributed by atoms with Crippen LogP contribution in [0.2, 0.25) is 0 Å². The molecule has 0 amide bonds. The van der Waals surface area contributed by atoms with Crippen molar-refractivity contribution in [2.75, 3.05) is 30.2 Å². The third kappa shape index (κ3) is 5.68. The van der Waals surface area contributed by atoms with Crippen molar-refractivity contribution in [3.63, 3.8) is 0 Å². The van der Waals surface area contributed by atoms with Crippen LogP contribution in [0.3, 0.4) is 0 Å². The zero-order valence-electron chi connectivity index (χ0n) is 18.8. The lowest BCUT2D eigenvalue weighted by Crippen LogP contribution is -2.10. The summed E-state index contributed by atoms with van der Waals surface area (Å²) in [6.07, 6.45) is 0. The van der Waals surface area contributed by atoms with Gasteiger partial charge in [0.2, 0.25) is 17.8 Å². The normalized spacial score (nSPS) is 10.4. The quantitative estimate of drug-likeness (QED) is 0.322. The highest BCUT2D eigenvalue weighted by Gasteiger charge is 2.10. The first-order valence-corrected chi connectivity index (χ1v) is 10.5. The number of hydrogen-bond donors (Lipinski definition) is 3. The molecular weight excluding hydrogens is 416 g/mol. The van der Waals surface area contributed by atoms with Crippen LogP contribution in [0.1, 0.15) is 11.1 Å². The summed E-state index contributed by atoms with van der Waals surface area (Å²) in [5, 5.41) is 9.80. The standard InChI is InChI=1S/C25H26N6O2/c1-17-13-14-20(32-2)15-21(17)28-25-30-23(26-16-18-9-7-8-12-22(18)33-3)29-24(31-25)27-19-10-5-4-6-11-19/h4-15H,16H2,1-3H3,(H3,26,27,28,29,30,31). The Bertz CT molecular complexity index is 1220. The third-order valence-corrected chi connectivity index (χ3v) is 4.99. The number of nitrogens with zero attached hydrogens (tertiary/aromatic N) is 3. The van der Waals surface area contributed by atoms with Gasteiger partial charge in [-0.15, -0.1) is 0 Å². The number of methoxy groups -OCH3 is 2. The van der Waals surface area contributed by atoms with E-state index in [2.05, 4.69) is 30.9 Å². The van der Waals surface area contributed by atoms with E-state index < -0.39 is 0 Å².